The van der Waals surface area contributed by atoms with Crippen LogP contribution < -0.4 is 9.47 Å². The van der Waals surface area contributed by atoms with Crippen LogP contribution in [0.25, 0.3) is 0 Å². The highest BCUT2D eigenvalue weighted by Gasteiger charge is 2.31. The lowest BCUT2D eigenvalue weighted by molar-refractivity contribution is -0.137. The Bertz CT molecular complexity index is 821. The van der Waals surface area contributed by atoms with Crippen molar-refractivity contribution in [3.63, 3.8) is 0 Å². The SMILES string of the molecule is COc1cc(/N=C/N(C)C)c(C)cc1Oc1cc(Cl)cc(C(F)(F)F)c1. The van der Waals surface area contributed by atoms with Crippen LogP contribution in [-0.2, 0) is 6.18 Å². The quantitative estimate of drug-likeness (QED) is 0.489. The first kappa shape index (κ1) is 19.9. The van der Waals surface area contributed by atoms with Gasteiger partial charge in [0.05, 0.1) is 24.7 Å². The smallest absolute Gasteiger partial charge is 0.416 e. The fourth-order valence-electron chi connectivity index (χ4n) is 2.12. The van der Waals surface area contributed by atoms with Gasteiger partial charge in [-0.05, 0) is 36.8 Å². The predicted molar refractivity (Wildman–Crippen MR) is 96.1 cm³/mol. The fraction of sp³-hybridized carbons (Fsp3) is 0.278. The van der Waals surface area contributed by atoms with Gasteiger partial charge in [0.15, 0.2) is 11.5 Å². The van der Waals surface area contributed by atoms with E-state index in [1.807, 2.05) is 21.0 Å². The molecule has 0 radical (unpaired) electrons. The zero-order chi connectivity index (χ0) is 19.5. The van der Waals surface area contributed by atoms with Crippen molar-refractivity contribution < 1.29 is 22.6 Å². The van der Waals surface area contributed by atoms with Crippen LogP contribution in [0.5, 0.6) is 17.2 Å². The lowest BCUT2D eigenvalue weighted by Gasteiger charge is -2.15. The van der Waals surface area contributed by atoms with Crippen LogP contribution in [0.4, 0.5) is 18.9 Å². The summed E-state index contributed by atoms with van der Waals surface area (Å²) in [5, 5.41) is -0.0716. The van der Waals surface area contributed by atoms with Gasteiger partial charge in [0.1, 0.15) is 5.75 Å². The van der Waals surface area contributed by atoms with Crippen molar-refractivity contribution in [3.05, 3.63) is 46.5 Å². The van der Waals surface area contributed by atoms with Crippen molar-refractivity contribution in [1.82, 2.24) is 4.90 Å². The molecule has 0 saturated carbocycles. The maximum Gasteiger partial charge on any atom is 0.416 e. The largest absolute Gasteiger partial charge is 0.493 e. The van der Waals surface area contributed by atoms with E-state index in [-0.39, 0.29) is 16.5 Å². The molecule has 0 bridgehead atoms. The van der Waals surface area contributed by atoms with Gasteiger partial charge >= 0.3 is 6.18 Å². The minimum atomic E-state index is -4.52. The third-order valence-electron chi connectivity index (χ3n) is 3.34. The van der Waals surface area contributed by atoms with Crippen LogP contribution in [0.15, 0.2) is 35.3 Å². The minimum Gasteiger partial charge on any atom is -0.493 e. The Morgan fingerprint density at radius 3 is 2.35 bits per heavy atom. The van der Waals surface area contributed by atoms with E-state index >= 15 is 0 Å². The molecule has 0 aromatic heterocycles. The molecule has 4 nitrogen and oxygen atoms in total. The Morgan fingerprint density at radius 2 is 1.77 bits per heavy atom. The molecular weight excluding hydrogens is 369 g/mol. The van der Waals surface area contributed by atoms with Gasteiger partial charge in [0.2, 0.25) is 0 Å². The van der Waals surface area contributed by atoms with Crippen LogP contribution in [0.3, 0.4) is 0 Å². The molecule has 0 saturated heterocycles. The molecular formula is C18H18ClF3N2O2. The molecule has 0 fully saturated rings. The van der Waals surface area contributed by atoms with E-state index in [2.05, 4.69) is 4.99 Å². The number of rotatable bonds is 5. The van der Waals surface area contributed by atoms with Gasteiger partial charge in [0.25, 0.3) is 0 Å². The van der Waals surface area contributed by atoms with Gasteiger partial charge in [-0.3, -0.25) is 0 Å². The molecule has 0 amide bonds. The molecule has 2 aromatic rings. The number of ether oxygens (including phenoxy) is 2. The third kappa shape index (κ3) is 5.05. The van der Waals surface area contributed by atoms with Crippen LogP contribution in [-0.4, -0.2) is 32.4 Å². The Hall–Kier alpha value is -2.41. The standard InChI is InChI=1S/C18H18ClF3N2O2/c1-11-5-17(16(25-4)9-15(11)23-10-24(2)3)26-14-7-12(18(20,21)22)6-13(19)8-14/h5-10H,1-4H3/b23-10+. The highest BCUT2D eigenvalue weighted by molar-refractivity contribution is 6.30. The lowest BCUT2D eigenvalue weighted by Crippen LogP contribution is -2.07. The first-order valence-electron chi connectivity index (χ1n) is 7.55. The van der Waals surface area contributed by atoms with E-state index in [1.165, 1.54) is 13.2 Å². The molecule has 2 rings (SSSR count). The molecule has 140 valence electrons. The van der Waals surface area contributed by atoms with Gasteiger partial charge in [-0.15, -0.1) is 0 Å². The van der Waals surface area contributed by atoms with Crippen molar-refractivity contribution >= 4 is 23.6 Å². The second-order valence-corrected chi connectivity index (χ2v) is 6.21. The second-order valence-electron chi connectivity index (χ2n) is 5.77. The highest BCUT2D eigenvalue weighted by Crippen LogP contribution is 2.40. The first-order chi connectivity index (χ1) is 12.1. The van der Waals surface area contributed by atoms with Crippen molar-refractivity contribution in [2.75, 3.05) is 21.2 Å². The first-order valence-corrected chi connectivity index (χ1v) is 7.93. The van der Waals surface area contributed by atoms with Gasteiger partial charge < -0.3 is 14.4 Å². The number of methoxy groups -OCH3 is 1. The summed E-state index contributed by atoms with van der Waals surface area (Å²) >= 11 is 5.79. The molecule has 2 aromatic carbocycles. The van der Waals surface area contributed by atoms with Crippen LogP contribution >= 0.6 is 11.6 Å². The summed E-state index contributed by atoms with van der Waals surface area (Å²) in [4.78, 5) is 6.10. The summed E-state index contributed by atoms with van der Waals surface area (Å²) in [7, 11) is 5.12. The number of alkyl halides is 3. The average Bonchev–Trinajstić information content (AvgIpc) is 2.52. The maximum absolute atomic E-state index is 12.9. The molecule has 0 heterocycles. The van der Waals surface area contributed by atoms with Gasteiger partial charge in [-0.1, -0.05) is 11.6 Å². The molecule has 0 aliphatic carbocycles. The van der Waals surface area contributed by atoms with Crippen molar-refractivity contribution in [2.45, 2.75) is 13.1 Å². The monoisotopic (exact) mass is 386 g/mol. The summed E-state index contributed by atoms with van der Waals surface area (Å²) in [5.74, 6) is 0.575. The van der Waals surface area contributed by atoms with Crippen LogP contribution in [0.1, 0.15) is 11.1 Å². The van der Waals surface area contributed by atoms with Crippen molar-refractivity contribution in [3.8, 4) is 17.2 Å². The van der Waals surface area contributed by atoms with E-state index in [1.54, 1.807) is 23.4 Å². The normalized spacial score (nSPS) is 11.7. The molecule has 0 unspecified atom stereocenters. The average molecular weight is 387 g/mol. The molecule has 0 atom stereocenters. The number of aliphatic imine (C=N–C) groups is 1. The van der Waals surface area contributed by atoms with E-state index < -0.39 is 11.7 Å². The minimum absolute atomic E-state index is 0.0351. The topological polar surface area (TPSA) is 34.1 Å². The predicted octanol–water partition coefficient (Wildman–Crippen LogP) is 5.69. The second kappa shape index (κ2) is 7.86. The number of halogens is 4. The van der Waals surface area contributed by atoms with Crippen molar-refractivity contribution in [2.24, 2.45) is 4.99 Å². The van der Waals surface area contributed by atoms with Crippen LogP contribution in [0, 0.1) is 6.92 Å². The van der Waals surface area contributed by atoms with Gasteiger partial charge in [-0.25, -0.2) is 4.99 Å². The Kier molecular flexibility index (Phi) is 6.02. The molecule has 0 spiro atoms. The Morgan fingerprint density at radius 1 is 1.08 bits per heavy atom. The highest BCUT2D eigenvalue weighted by atomic mass is 35.5. The summed E-state index contributed by atoms with van der Waals surface area (Å²) in [6.45, 7) is 1.81. The zero-order valence-corrected chi connectivity index (χ0v) is 15.4. The molecule has 0 N–H and O–H groups in total. The number of aryl methyl sites for hydroxylation is 1. The molecule has 0 aliphatic rings. The zero-order valence-electron chi connectivity index (χ0n) is 14.7. The van der Waals surface area contributed by atoms with E-state index in [9.17, 15) is 13.2 Å². The molecule has 0 aliphatic heterocycles. The fourth-order valence-corrected chi connectivity index (χ4v) is 2.34. The Balaban J connectivity index is 2.41. The van der Waals surface area contributed by atoms with E-state index in [0.29, 0.717) is 11.4 Å². The number of benzene rings is 2. The number of hydrogen-bond donors (Lipinski definition) is 0. The van der Waals surface area contributed by atoms with Gasteiger partial charge in [-0.2, -0.15) is 13.2 Å². The summed E-state index contributed by atoms with van der Waals surface area (Å²) in [6.07, 6.45) is -2.89. The maximum atomic E-state index is 12.9. The lowest BCUT2D eigenvalue weighted by atomic mass is 10.1. The third-order valence-corrected chi connectivity index (χ3v) is 3.55. The summed E-state index contributed by atoms with van der Waals surface area (Å²) in [5.41, 5.74) is 0.546. The van der Waals surface area contributed by atoms with Crippen LogP contribution in [0.2, 0.25) is 5.02 Å². The van der Waals surface area contributed by atoms with E-state index in [4.69, 9.17) is 21.1 Å². The number of nitrogens with zero attached hydrogens (tertiary/aromatic N) is 2. The van der Waals surface area contributed by atoms with Crippen molar-refractivity contribution in [1.29, 1.82) is 0 Å². The van der Waals surface area contributed by atoms with Gasteiger partial charge in [0, 0.05) is 25.2 Å². The molecule has 8 heteroatoms. The van der Waals surface area contributed by atoms with E-state index in [0.717, 1.165) is 17.7 Å². The summed E-state index contributed by atoms with van der Waals surface area (Å²) in [6, 6.07) is 6.34. The number of hydrogen-bond acceptors (Lipinski definition) is 3. The summed E-state index contributed by atoms with van der Waals surface area (Å²) < 4.78 is 49.7. The molecule has 26 heavy (non-hydrogen) atoms. The Labute approximate surface area is 154 Å².